The van der Waals surface area contributed by atoms with Gasteiger partial charge in [0.25, 0.3) is 0 Å². The van der Waals surface area contributed by atoms with Crippen molar-refractivity contribution in [3.63, 3.8) is 0 Å². The molecule has 2 aromatic carbocycles. The van der Waals surface area contributed by atoms with Gasteiger partial charge >= 0.3 is 0 Å². The molecule has 0 spiro atoms. The van der Waals surface area contributed by atoms with Crippen molar-refractivity contribution in [3.8, 4) is 5.75 Å². The Morgan fingerprint density at radius 1 is 1.10 bits per heavy atom. The Bertz CT molecular complexity index is 997. The molecule has 1 saturated carbocycles. The minimum atomic E-state index is -3.44. The topological polar surface area (TPSA) is 75.7 Å². The van der Waals surface area contributed by atoms with Crippen molar-refractivity contribution in [2.75, 3.05) is 22.4 Å². The van der Waals surface area contributed by atoms with Gasteiger partial charge in [-0.1, -0.05) is 12.1 Å². The van der Waals surface area contributed by atoms with Gasteiger partial charge in [-0.15, -0.1) is 0 Å². The van der Waals surface area contributed by atoms with Crippen LogP contribution >= 0.6 is 0 Å². The van der Waals surface area contributed by atoms with Crippen molar-refractivity contribution in [2.24, 2.45) is 0 Å². The first-order valence-electron chi connectivity index (χ1n) is 10.8. The largest absolute Gasteiger partial charge is 0.490 e. The van der Waals surface area contributed by atoms with E-state index in [1.807, 2.05) is 50.2 Å². The number of hydrogen-bond donors (Lipinski definition) is 1. The van der Waals surface area contributed by atoms with Gasteiger partial charge in [0, 0.05) is 18.7 Å². The molecule has 1 fully saturated rings. The molecular weight excluding hydrogens is 412 g/mol. The highest BCUT2D eigenvalue weighted by molar-refractivity contribution is 7.92. The summed E-state index contributed by atoms with van der Waals surface area (Å²) in [5, 5.41) is 2.87. The third-order valence-electron chi connectivity index (χ3n) is 5.75. The second-order valence-corrected chi connectivity index (χ2v) is 10.2. The molecule has 168 valence electrons. The Labute approximate surface area is 185 Å². The van der Waals surface area contributed by atoms with Crippen molar-refractivity contribution in [1.29, 1.82) is 0 Å². The molecular formula is C24H32N2O4S. The first-order valence-corrected chi connectivity index (χ1v) is 12.7. The summed E-state index contributed by atoms with van der Waals surface area (Å²) >= 11 is 0. The van der Waals surface area contributed by atoms with Crippen molar-refractivity contribution in [2.45, 2.75) is 58.5 Å². The lowest BCUT2D eigenvalue weighted by Crippen LogP contribution is -2.32. The molecule has 7 heteroatoms. The van der Waals surface area contributed by atoms with Crippen molar-refractivity contribution in [1.82, 2.24) is 0 Å². The Kier molecular flexibility index (Phi) is 7.59. The highest BCUT2D eigenvalue weighted by atomic mass is 32.2. The predicted octanol–water partition coefficient (Wildman–Crippen LogP) is 4.81. The number of carbonyl (C=O) groups excluding carboxylic acids is 1. The van der Waals surface area contributed by atoms with Gasteiger partial charge in [-0.3, -0.25) is 9.10 Å². The summed E-state index contributed by atoms with van der Waals surface area (Å²) in [6.45, 7) is 4.12. The molecule has 6 nitrogen and oxygen atoms in total. The highest BCUT2D eigenvalue weighted by Crippen LogP contribution is 2.26. The van der Waals surface area contributed by atoms with Gasteiger partial charge in [0.2, 0.25) is 15.9 Å². The van der Waals surface area contributed by atoms with Gasteiger partial charge < -0.3 is 10.1 Å². The quantitative estimate of drug-likeness (QED) is 0.602. The number of aryl methyl sites for hydroxylation is 1. The summed E-state index contributed by atoms with van der Waals surface area (Å²) in [5.74, 6) is 0.682. The van der Waals surface area contributed by atoms with Gasteiger partial charge in [-0.25, -0.2) is 8.42 Å². The van der Waals surface area contributed by atoms with Crippen LogP contribution in [0.4, 0.5) is 11.4 Å². The Hall–Kier alpha value is -2.54. The fourth-order valence-electron chi connectivity index (χ4n) is 3.89. The summed E-state index contributed by atoms with van der Waals surface area (Å²) in [6, 6.07) is 13.0. The van der Waals surface area contributed by atoms with Gasteiger partial charge in [0.1, 0.15) is 5.75 Å². The Balaban J connectivity index is 1.52. The Morgan fingerprint density at radius 3 is 2.42 bits per heavy atom. The summed E-state index contributed by atoms with van der Waals surface area (Å²) in [6.07, 6.45) is 6.81. The molecule has 31 heavy (non-hydrogen) atoms. The number of anilines is 2. The first kappa shape index (κ1) is 23.1. The van der Waals surface area contributed by atoms with Crippen LogP contribution in [0.2, 0.25) is 0 Å². The van der Waals surface area contributed by atoms with E-state index in [0.717, 1.165) is 29.7 Å². The SMILES string of the molecule is Cc1cccc(N(CCCC(=O)Nc2ccc(OC3CCCC3)cc2)S(C)(=O)=O)c1C. The number of nitrogens with one attached hydrogen (secondary N) is 1. The molecule has 0 saturated heterocycles. The third kappa shape index (κ3) is 6.47. The second-order valence-electron chi connectivity index (χ2n) is 8.25. The lowest BCUT2D eigenvalue weighted by atomic mass is 10.1. The van der Waals surface area contributed by atoms with Crippen LogP contribution in [-0.2, 0) is 14.8 Å². The monoisotopic (exact) mass is 444 g/mol. The van der Waals surface area contributed by atoms with E-state index < -0.39 is 10.0 Å². The molecule has 0 bridgehead atoms. The zero-order valence-corrected chi connectivity index (χ0v) is 19.4. The average molecular weight is 445 g/mol. The molecule has 1 aliphatic carbocycles. The van der Waals surface area contributed by atoms with Crippen LogP contribution in [-0.4, -0.2) is 33.2 Å². The molecule has 1 aliphatic rings. The maximum Gasteiger partial charge on any atom is 0.232 e. The summed E-state index contributed by atoms with van der Waals surface area (Å²) in [7, 11) is -3.44. The molecule has 0 radical (unpaired) electrons. The smallest absolute Gasteiger partial charge is 0.232 e. The van der Waals surface area contributed by atoms with Crippen LogP contribution in [0.5, 0.6) is 5.75 Å². The van der Waals surface area contributed by atoms with E-state index in [-0.39, 0.29) is 18.9 Å². The fraction of sp³-hybridized carbons (Fsp3) is 0.458. The first-order chi connectivity index (χ1) is 14.7. The van der Waals surface area contributed by atoms with E-state index in [1.54, 1.807) is 6.07 Å². The molecule has 1 N–H and O–H groups in total. The van der Waals surface area contributed by atoms with Crippen molar-refractivity contribution < 1.29 is 17.9 Å². The molecule has 0 heterocycles. The van der Waals surface area contributed by atoms with E-state index in [9.17, 15) is 13.2 Å². The second kappa shape index (κ2) is 10.2. The van der Waals surface area contributed by atoms with Crippen molar-refractivity contribution >= 4 is 27.3 Å². The zero-order chi connectivity index (χ0) is 22.4. The minimum absolute atomic E-state index is 0.140. The predicted molar refractivity (Wildman–Crippen MR) is 125 cm³/mol. The van der Waals surface area contributed by atoms with Gasteiger partial charge in [-0.2, -0.15) is 0 Å². The number of ether oxygens (including phenoxy) is 1. The van der Waals surface area contributed by atoms with E-state index in [1.165, 1.54) is 23.4 Å². The molecule has 0 aromatic heterocycles. The number of sulfonamides is 1. The van der Waals surface area contributed by atoms with Crippen LogP contribution in [0.15, 0.2) is 42.5 Å². The van der Waals surface area contributed by atoms with E-state index in [0.29, 0.717) is 23.9 Å². The maximum absolute atomic E-state index is 12.4. The molecule has 2 aromatic rings. The highest BCUT2D eigenvalue weighted by Gasteiger charge is 2.20. The van der Waals surface area contributed by atoms with Crippen LogP contribution in [0.3, 0.4) is 0 Å². The van der Waals surface area contributed by atoms with Gasteiger partial charge in [-0.05, 0) is 87.4 Å². The third-order valence-corrected chi connectivity index (χ3v) is 6.93. The maximum atomic E-state index is 12.4. The number of rotatable bonds is 9. The summed E-state index contributed by atoms with van der Waals surface area (Å²) in [5.41, 5.74) is 3.33. The summed E-state index contributed by atoms with van der Waals surface area (Å²) < 4.78 is 32.0. The van der Waals surface area contributed by atoms with E-state index >= 15 is 0 Å². The van der Waals surface area contributed by atoms with E-state index in [4.69, 9.17) is 4.74 Å². The summed E-state index contributed by atoms with van der Waals surface area (Å²) in [4.78, 5) is 12.4. The average Bonchev–Trinajstić information content (AvgIpc) is 3.21. The number of carbonyl (C=O) groups is 1. The number of nitrogens with zero attached hydrogens (tertiary/aromatic N) is 1. The molecule has 0 atom stereocenters. The molecule has 0 aliphatic heterocycles. The fourth-order valence-corrected chi connectivity index (χ4v) is 4.91. The lowest BCUT2D eigenvalue weighted by molar-refractivity contribution is -0.116. The number of benzene rings is 2. The van der Waals surface area contributed by atoms with Crippen LogP contribution in [0.25, 0.3) is 0 Å². The van der Waals surface area contributed by atoms with E-state index in [2.05, 4.69) is 5.32 Å². The lowest BCUT2D eigenvalue weighted by Gasteiger charge is -2.24. The molecule has 3 rings (SSSR count). The van der Waals surface area contributed by atoms with Crippen LogP contribution < -0.4 is 14.4 Å². The normalized spacial score (nSPS) is 14.4. The van der Waals surface area contributed by atoms with Crippen LogP contribution in [0.1, 0.15) is 49.7 Å². The standard InChI is InChI=1S/C24H32N2O4S/c1-18-8-6-11-23(19(18)2)26(31(3,28)29)17-7-12-24(27)25-20-13-15-22(16-14-20)30-21-9-4-5-10-21/h6,8,11,13-16,21H,4-5,7,9-10,12,17H2,1-3H3,(H,25,27). The number of hydrogen-bond acceptors (Lipinski definition) is 4. The van der Waals surface area contributed by atoms with Crippen molar-refractivity contribution in [3.05, 3.63) is 53.6 Å². The zero-order valence-electron chi connectivity index (χ0n) is 18.6. The molecule has 1 amide bonds. The van der Waals surface area contributed by atoms with Gasteiger partial charge in [0.05, 0.1) is 18.0 Å². The van der Waals surface area contributed by atoms with Crippen LogP contribution in [0, 0.1) is 13.8 Å². The molecule has 0 unspecified atom stereocenters. The Morgan fingerprint density at radius 2 is 1.77 bits per heavy atom. The minimum Gasteiger partial charge on any atom is -0.490 e. The number of amides is 1. The van der Waals surface area contributed by atoms with Gasteiger partial charge in [0.15, 0.2) is 0 Å².